The van der Waals surface area contributed by atoms with Crippen molar-refractivity contribution in [1.29, 1.82) is 0 Å². The Morgan fingerprint density at radius 3 is 2.48 bits per heavy atom. The standard InChI is InChI=1S/C16H24N2O3/c1-2-3-4-8-11-17-15(19)12-18-16(20)13-21-14-9-6-5-7-10-14/h5-7,9-10H,2-4,8,11-13H2,1H3,(H,17,19)(H,18,20). The van der Waals surface area contributed by atoms with E-state index in [2.05, 4.69) is 17.6 Å². The monoisotopic (exact) mass is 292 g/mol. The molecular weight excluding hydrogens is 268 g/mol. The largest absolute Gasteiger partial charge is 0.484 e. The Balaban J connectivity index is 2.05. The van der Waals surface area contributed by atoms with Crippen LogP contribution in [0.1, 0.15) is 32.6 Å². The van der Waals surface area contributed by atoms with Crippen molar-refractivity contribution in [3.8, 4) is 5.75 Å². The summed E-state index contributed by atoms with van der Waals surface area (Å²) in [4.78, 5) is 23.0. The van der Waals surface area contributed by atoms with Crippen molar-refractivity contribution in [3.05, 3.63) is 30.3 Å². The number of hydrogen-bond donors (Lipinski definition) is 2. The Labute approximate surface area is 126 Å². The van der Waals surface area contributed by atoms with Crippen LogP contribution in [-0.4, -0.2) is 31.5 Å². The fourth-order valence-corrected chi connectivity index (χ4v) is 1.74. The molecule has 0 aliphatic carbocycles. The van der Waals surface area contributed by atoms with Gasteiger partial charge in [0.2, 0.25) is 5.91 Å². The second-order valence-corrected chi connectivity index (χ2v) is 4.79. The van der Waals surface area contributed by atoms with E-state index in [0.717, 1.165) is 12.8 Å². The Morgan fingerprint density at radius 1 is 1.00 bits per heavy atom. The van der Waals surface area contributed by atoms with Crippen molar-refractivity contribution >= 4 is 11.8 Å². The molecule has 0 radical (unpaired) electrons. The van der Waals surface area contributed by atoms with Crippen molar-refractivity contribution < 1.29 is 14.3 Å². The van der Waals surface area contributed by atoms with Gasteiger partial charge in [0.05, 0.1) is 6.54 Å². The fourth-order valence-electron chi connectivity index (χ4n) is 1.74. The molecule has 0 spiro atoms. The van der Waals surface area contributed by atoms with E-state index in [1.807, 2.05) is 18.2 Å². The van der Waals surface area contributed by atoms with E-state index in [0.29, 0.717) is 12.3 Å². The third-order valence-electron chi connectivity index (χ3n) is 2.91. The van der Waals surface area contributed by atoms with Gasteiger partial charge in [-0.2, -0.15) is 0 Å². The molecule has 2 amide bonds. The quantitative estimate of drug-likeness (QED) is 0.647. The second kappa shape index (κ2) is 10.7. The minimum absolute atomic E-state index is 0.00917. The Hall–Kier alpha value is -2.04. The van der Waals surface area contributed by atoms with Gasteiger partial charge in [-0.25, -0.2) is 0 Å². The summed E-state index contributed by atoms with van der Waals surface area (Å²) in [5, 5.41) is 5.31. The summed E-state index contributed by atoms with van der Waals surface area (Å²) >= 11 is 0. The van der Waals surface area contributed by atoms with E-state index < -0.39 is 0 Å². The van der Waals surface area contributed by atoms with Crippen LogP contribution in [0.5, 0.6) is 5.75 Å². The van der Waals surface area contributed by atoms with Crippen molar-refractivity contribution in [3.63, 3.8) is 0 Å². The molecule has 1 aromatic carbocycles. The number of ether oxygens (including phenoxy) is 1. The van der Waals surface area contributed by atoms with E-state index in [9.17, 15) is 9.59 Å². The molecule has 0 fully saturated rings. The first-order valence-electron chi connectivity index (χ1n) is 7.43. The van der Waals surface area contributed by atoms with Crippen molar-refractivity contribution in [2.75, 3.05) is 19.7 Å². The number of benzene rings is 1. The first-order chi connectivity index (χ1) is 10.2. The maximum Gasteiger partial charge on any atom is 0.258 e. The van der Waals surface area contributed by atoms with Crippen molar-refractivity contribution in [2.24, 2.45) is 0 Å². The number of nitrogens with one attached hydrogen (secondary N) is 2. The number of carbonyl (C=O) groups excluding carboxylic acids is 2. The Bertz CT molecular complexity index is 421. The number of hydrogen-bond acceptors (Lipinski definition) is 3. The summed E-state index contributed by atoms with van der Waals surface area (Å²) in [6.07, 6.45) is 4.45. The zero-order chi connectivity index (χ0) is 15.3. The molecule has 2 N–H and O–H groups in total. The van der Waals surface area contributed by atoms with Crippen molar-refractivity contribution in [1.82, 2.24) is 10.6 Å². The van der Waals surface area contributed by atoms with Gasteiger partial charge >= 0.3 is 0 Å². The average Bonchev–Trinajstić information content (AvgIpc) is 2.51. The van der Waals surface area contributed by atoms with Crippen LogP contribution in [0, 0.1) is 0 Å². The number of rotatable bonds is 10. The highest BCUT2D eigenvalue weighted by molar-refractivity contribution is 5.85. The minimum atomic E-state index is -0.306. The van der Waals surface area contributed by atoms with Crippen molar-refractivity contribution in [2.45, 2.75) is 32.6 Å². The van der Waals surface area contributed by atoms with Gasteiger partial charge in [-0.05, 0) is 18.6 Å². The van der Waals surface area contributed by atoms with Crippen LogP contribution >= 0.6 is 0 Å². The van der Waals surface area contributed by atoms with Crippen LogP contribution in [-0.2, 0) is 9.59 Å². The lowest BCUT2D eigenvalue weighted by Gasteiger charge is -2.08. The molecule has 1 rings (SSSR count). The van der Waals surface area contributed by atoms with Gasteiger partial charge in [-0.1, -0.05) is 44.4 Å². The van der Waals surface area contributed by atoms with E-state index >= 15 is 0 Å². The first-order valence-corrected chi connectivity index (χ1v) is 7.43. The number of unbranched alkanes of at least 4 members (excludes halogenated alkanes) is 3. The lowest BCUT2D eigenvalue weighted by atomic mass is 10.2. The highest BCUT2D eigenvalue weighted by Crippen LogP contribution is 2.07. The molecule has 0 atom stereocenters. The zero-order valence-corrected chi connectivity index (χ0v) is 12.6. The molecule has 5 heteroatoms. The Kier molecular flexibility index (Phi) is 8.68. The maximum atomic E-state index is 11.5. The number of amides is 2. The second-order valence-electron chi connectivity index (χ2n) is 4.79. The van der Waals surface area contributed by atoms with Crippen LogP contribution in [0.3, 0.4) is 0 Å². The van der Waals surface area contributed by atoms with Gasteiger partial charge in [0.15, 0.2) is 6.61 Å². The minimum Gasteiger partial charge on any atom is -0.484 e. The van der Waals surface area contributed by atoms with E-state index in [-0.39, 0.29) is 25.0 Å². The molecule has 0 aliphatic rings. The zero-order valence-electron chi connectivity index (χ0n) is 12.6. The third kappa shape index (κ3) is 8.68. The van der Waals surface area contributed by atoms with Crippen LogP contribution < -0.4 is 15.4 Å². The normalized spacial score (nSPS) is 9.95. The topological polar surface area (TPSA) is 67.4 Å². The van der Waals surface area contributed by atoms with E-state index in [1.165, 1.54) is 12.8 Å². The summed E-state index contributed by atoms with van der Waals surface area (Å²) in [5.74, 6) is 0.160. The van der Waals surface area contributed by atoms with Gasteiger partial charge < -0.3 is 15.4 Å². The molecule has 5 nitrogen and oxygen atoms in total. The number of carbonyl (C=O) groups is 2. The van der Waals surface area contributed by atoms with E-state index in [4.69, 9.17) is 4.74 Å². The summed E-state index contributed by atoms with van der Waals surface area (Å²) in [5.41, 5.74) is 0. The van der Waals surface area contributed by atoms with Gasteiger partial charge in [-0.3, -0.25) is 9.59 Å². The fraction of sp³-hybridized carbons (Fsp3) is 0.500. The van der Waals surface area contributed by atoms with Crippen LogP contribution in [0.25, 0.3) is 0 Å². The molecule has 0 unspecified atom stereocenters. The van der Waals surface area contributed by atoms with Crippen LogP contribution in [0.4, 0.5) is 0 Å². The predicted molar refractivity (Wildman–Crippen MR) is 82.1 cm³/mol. The highest BCUT2D eigenvalue weighted by Gasteiger charge is 2.05. The molecule has 0 bridgehead atoms. The third-order valence-corrected chi connectivity index (χ3v) is 2.91. The molecule has 1 aromatic rings. The molecule has 116 valence electrons. The molecule has 0 saturated heterocycles. The van der Waals surface area contributed by atoms with E-state index in [1.54, 1.807) is 12.1 Å². The maximum absolute atomic E-state index is 11.5. The summed E-state index contributed by atoms with van der Waals surface area (Å²) in [6, 6.07) is 9.09. The molecule has 0 heterocycles. The van der Waals surface area contributed by atoms with Gasteiger partial charge in [0.1, 0.15) is 5.75 Å². The number of para-hydroxylation sites is 1. The van der Waals surface area contributed by atoms with Gasteiger partial charge in [-0.15, -0.1) is 0 Å². The summed E-state index contributed by atoms with van der Waals surface area (Å²) in [6.45, 7) is 2.71. The lowest BCUT2D eigenvalue weighted by molar-refractivity contribution is -0.127. The Morgan fingerprint density at radius 2 is 1.76 bits per heavy atom. The molecule has 0 saturated carbocycles. The smallest absolute Gasteiger partial charge is 0.258 e. The highest BCUT2D eigenvalue weighted by atomic mass is 16.5. The predicted octanol–water partition coefficient (Wildman–Crippen LogP) is 1.88. The van der Waals surface area contributed by atoms with Crippen LogP contribution in [0.15, 0.2) is 30.3 Å². The SMILES string of the molecule is CCCCCCNC(=O)CNC(=O)COc1ccccc1. The molecule has 0 aliphatic heterocycles. The molecule has 21 heavy (non-hydrogen) atoms. The average molecular weight is 292 g/mol. The summed E-state index contributed by atoms with van der Waals surface area (Å²) in [7, 11) is 0. The summed E-state index contributed by atoms with van der Waals surface area (Å²) < 4.78 is 5.28. The molecule has 0 aromatic heterocycles. The first kappa shape index (κ1) is 17.0. The van der Waals surface area contributed by atoms with Gasteiger partial charge in [0.25, 0.3) is 5.91 Å². The van der Waals surface area contributed by atoms with Crippen LogP contribution in [0.2, 0.25) is 0 Å². The lowest BCUT2D eigenvalue weighted by Crippen LogP contribution is -2.39. The molecular formula is C16H24N2O3. The van der Waals surface area contributed by atoms with Gasteiger partial charge in [0, 0.05) is 6.54 Å².